The third-order valence-corrected chi connectivity index (χ3v) is 4.90. The zero-order valence-electron chi connectivity index (χ0n) is 17.2. The quantitative estimate of drug-likeness (QED) is 0.462. The molecule has 0 aromatic heterocycles. The number of anilines is 1. The highest BCUT2D eigenvalue weighted by molar-refractivity contribution is 6.30. The average molecular weight is 422 g/mol. The molecule has 3 rings (SSSR count). The molecule has 0 atom stereocenters. The molecule has 154 valence electrons. The molecule has 30 heavy (non-hydrogen) atoms. The van der Waals surface area contributed by atoms with E-state index in [4.69, 9.17) is 21.1 Å². The van der Waals surface area contributed by atoms with E-state index in [-0.39, 0.29) is 5.91 Å². The smallest absolute Gasteiger partial charge is 0.248 e. The number of ether oxygens (including phenoxy) is 2. The number of halogens is 1. The van der Waals surface area contributed by atoms with Crippen LogP contribution >= 0.6 is 11.6 Å². The third kappa shape index (κ3) is 5.88. The van der Waals surface area contributed by atoms with Crippen LogP contribution in [-0.4, -0.2) is 13.0 Å². The van der Waals surface area contributed by atoms with Crippen LogP contribution < -0.4 is 14.8 Å². The summed E-state index contributed by atoms with van der Waals surface area (Å²) >= 11 is 5.89. The predicted molar refractivity (Wildman–Crippen MR) is 122 cm³/mol. The minimum atomic E-state index is -0.195. The minimum Gasteiger partial charge on any atom is -0.497 e. The van der Waals surface area contributed by atoms with Crippen LogP contribution in [-0.2, 0) is 11.4 Å². The van der Waals surface area contributed by atoms with Gasteiger partial charge in [-0.3, -0.25) is 4.79 Å². The van der Waals surface area contributed by atoms with Gasteiger partial charge in [0.1, 0.15) is 18.1 Å². The molecule has 0 unspecified atom stereocenters. The van der Waals surface area contributed by atoms with Crippen molar-refractivity contribution in [2.45, 2.75) is 20.5 Å². The summed E-state index contributed by atoms with van der Waals surface area (Å²) in [5, 5.41) is 3.56. The van der Waals surface area contributed by atoms with E-state index in [1.54, 1.807) is 7.11 Å². The maximum Gasteiger partial charge on any atom is 0.248 e. The summed E-state index contributed by atoms with van der Waals surface area (Å²) in [5.74, 6) is 1.34. The van der Waals surface area contributed by atoms with Gasteiger partial charge in [0.2, 0.25) is 5.91 Å². The van der Waals surface area contributed by atoms with Gasteiger partial charge in [0.25, 0.3) is 0 Å². The Morgan fingerprint density at radius 3 is 2.20 bits per heavy atom. The van der Waals surface area contributed by atoms with E-state index in [0.717, 1.165) is 33.8 Å². The molecule has 0 aliphatic carbocycles. The lowest BCUT2D eigenvalue weighted by molar-refractivity contribution is -0.111. The number of benzene rings is 3. The van der Waals surface area contributed by atoms with Gasteiger partial charge in [-0.15, -0.1) is 0 Å². The molecule has 0 saturated carbocycles. The van der Waals surface area contributed by atoms with Gasteiger partial charge in [-0.25, -0.2) is 0 Å². The molecule has 0 radical (unpaired) electrons. The van der Waals surface area contributed by atoms with Crippen LogP contribution in [0.15, 0.2) is 66.7 Å². The van der Waals surface area contributed by atoms with Crippen molar-refractivity contribution in [2.24, 2.45) is 0 Å². The Morgan fingerprint density at radius 1 is 0.967 bits per heavy atom. The van der Waals surface area contributed by atoms with Gasteiger partial charge < -0.3 is 14.8 Å². The highest BCUT2D eigenvalue weighted by Crippen LogP contribution is 2.23. The van der Waals surface area contributed by atoms with Gasteiger partial charge in [-0.1, -0.05) is 23.7 Å². The lowest BCUT2D eigenvalue weighted by atomic mass is 10.0. The second-order valence-electron chi connectivity index (χ2n) is 6.94. The van der Waals surface area contributed by atoms with Crippen molar-refractivity contribution < 1.29 is 14.3 Å². The molecule has 0 saturated heterocycles. The van der Waals surface area contributed by atoms with E-state index in [9.17, 15) is 4.79 Å². The van der Waals surface area contributed by atoms with Crippen LogP contribution in [0.5, 0.6) is 11.5 Å². The van der Waals surface area contributed by atoms with Gasteiger partial charge in [-0.05, 0) is 90.7 Å². The fourth-order valence-electron chi connectivity index (χ4n) is 3.04. The molecule has 0 heterocycles. The molecular formula is C25H24ClNO3. The number of methoxy groups -OCH3 is 1. The Kier molecular flexibility index (Phi) is 7.15. The van der Waals surface area contributed by atoms with E-state index in [1.807, 2.05) is 80.6 Å². The van der Waals surface area contributed by atoms with Crippen LogP contribution in [0, 0.1) is 13.8 Å². The van der Waals surface area contributed by atoms with E-state index in [2.05, 4.69) is 5.32 Å². The molecular weight excluding hydrogens is 398 g/mol. The van der Waals surface area contributed by atoms with Crippen LogP contribution in [0.4, 0.5) is 5.69 Å². The molecule has 3 aromatic rings. The number of carbonyl (C=O) groups excluding carboxylic acids is 1. The number of carbonyl (C=O) groups is 1. The van der Waals surface area contributed by atoms with Crippen LogP contribution in [0.2, 0.25) is 5.02 Å². The summed E-state index contributed by atoms with van der Waals surface area (Å²) in [4.78, 5) is 12.3. The molecule has 1 amide bonds. The first kappa shape index (κ1) is 21.5. The summed E-state index contributed by atoms with van der Waals surface area (Å²) < 4.78 is 11.0. The van der Waals surface area contributed by atoms with Gasteiger partial charge in [-0.2, -0.15) is 0 Å². The van der Waals surface area contributed by atoms with Crippen LogP contribution in [0.25, 0.3) is 6.08 Å². The van der Waals surface area contributed by atoms with Gasteiger partial charge in [0.15, 0.2) is 0 Å². The Labute approximate surface area is 182 Å². The van der Waals surface area contributed by atoms with E-state index in [0.29, 0.717) is 17.3 Å². The van der Waals surface area contributed by atoms with Gasteiger partial charge in [0, 0.05) is 16.8 Å². The van der Waals surface area contributed by atoms with Crippen LogP contribution in [0.3, 0.4) is 0 Å². The van der Waals surface area contributed by atoms with Crippen molar-refractivity contribution in [3.8, 4) is 11.5 Å². The van der Waals surface area contributed by atoms with Gasteiger partial charge in [0.05, 0.1) is 7.11 Å². The zero-order chi connectivity index (χ0) is 21.5. The molecule has 1 N–H and O–H groups in total. The van der Waals surface area contributed by atoms with Crippen molar-refractivity contribution >= 4 is 29.3 Å². The van der Waals surface area contributed by atoms with E-state index >= 15 is 0 Å². The van der Waals surface area contributed by atoms with E-state index < -0.39 is 0 Å². The number of hydrogen-bond donors (Lipinski definition) is 1. The normalized spacial score (nSPS) is 10.8. The molecule has 5 heteroatoms. The summed E-state index contributed by atoms with van der Waals surface area (Å²) in [7, 11) is 1.64. The first-order valence-electron chi connectivity index (χ1n) is 9.56. The topological polar surface area (TPSA) is 47.6 Å². The summed E-state index contributed by atoms with van der Waals surface area (Å²) in [6.45, 7) is 4.44. The number of hydrogen-bond acceptors (Lipinski definition) is 3. The fourth-order valence-corrected chi connectivity index (χ4v) is 3.17. The first-order valence-corrected chi connectivity index (χ1v) is 9.94. The second-order valence-corrected chi connectivity index (χ2v) is 7.37. The maximum atomic E-state index is 12.3. The Balaban J connectivity index is 1.56. The first-order chi connectivity index (χ1) is 14.4. The highest BCUT2D eigenvalue weighted by Gasteiger charge is 2.05. The number of nitrogens with one attached hydrogen (secondary N) is 1. The fraction of sp³-hybridized carbons (Fsp3) is 0.160. The number of rotatable bonds is 7. The maximum absolute atomic E-state index is 12.3. The van der Waals surface area contributed by atoms with Crippen molar-refractivity contribution in [1.82, 2.24) is 0 Å². The van der Waals surface area contributed by atoms with Crippen molar-refractivity contribution in [3.63, 3.8) is 0 Å². The molecule has 0 bridgehead atoms. The summed E-state index contributed by atoms with van der Waals surface area (Å²) in [6.07, 6.45) is 3.36. The van der Waals surface area contributed by atoms with Crippen molar-refractivity contribution in [2.75, 3.05) is 12.4 Å². The zero-order valence-corrected chi connectivity index (χ0v) is 18.0. The van der Waals surface area contributed by atoms with Crippen molar-refractivity contribution in [1.29, 1.82) is 0 Å². The van der Waals surface area contributed by atoms with E-state index in [1.165, 1.54) is 6.08 Å². The lowest BCUT2D eigenvalue weighted by Gasteiger charge is -2.09. The highest BCUT2D eigenvalue weighted by atomic mass is 35.5. The Morgan fingerprint density at radius 2 is 1.60 bits per heavy atom. The largest absolute Gasteiger partial charge is 0.497 e. The number of aryl methyl sites for hydroxylation is 2. The molecule has 0 aliphatic rings. The third-order valence-electron chi connectivity index (χ3n) is 4.64. The summed E-state index contributed by atoms with van der Waals surface area (Å²) in [6, 6.07) is 18.7. The minimum absolute atomic E-state index is 0.195. The monoisotopic (exact) mass is 421 g/mol. The standard InChI is InChI=1S/C25H24ClNO3/c1-17-14-23(29-3)15-18(2)24(17)12-13-25(28)27-21-8-10-22(11-9-21)30-16-19-4-6-20(26)7-5-19/h4-15H,16H2,1-3H3,(H,27,28)/b13-12+. The second kappa shape index (κ2) is 9.99. The molecule has 3 aromatic carbocycles. The average Bonchev–Trinajstić information content (AvgIpc) is 2.73. The summed E-state index contributed by atoms with van der Waals surface area (Å²) in [5.41, 5.74) is 4.85. The van der Waals surface area contributed by atoms with Gasteiger partial charge >= 0.3 is 0 Å². The van der Waals surface area contributed by atoms with Crippen molar-refractivity contribution in [3.05, 3.63) is 94.0 Å². The van der Waals surface area contributed by atoms with Crippen LogP contribution in [0.1, 0.15) is 22.3 Å². The predicted octanol–water partition coefficient (Wildman–Crippen LogP) is 6.20. The Hall–Kier alpha value is -3.24. The molecule has 0 fully saturated rings. The SMILES string of the molecule is COc1cc(C)c(/C=C/C(=O)Nc2ccc(OCc3ccc(Cl)cc3)cc2)c(C)c1. The lowest BCUT2D eigenvalue weighted by Crippen LogP contribution is -2.07. The molecule has 4 nitrogen and oxygen atoms in total. The Bertz CT molecular complexity index is 1020. The molecule has 0 spiro atoms. The molecule has 0 aliphatic heterocycles. The number of amides is 1.